The monoisotopic (exact) mass is 642 g/mol. The molecule has 3 atom stereocenters. The van der Waals surface area contributed by atoms with Crippen LogP contribution in [0.5, 0.6) is 0 Å². The number of benzene rings is 2. The van der Waals surface area contributed by atoms with Gasteiger partial charge in [0, 0.05) is 4.91 Å². The quantitative estimate of drug-likeness (QED) is 0.0855. The van der Waals surface area contributed by atoms with E-state index in [1.165, 1.54) is 107 Å². The smallest absolute Gasteiger partial charge is 0.0267 e. The summed E-state index contributed by atoms with van der Waals surface area (Å²) in [6.07, 6.45) is 30.0. The lowest BCUT2D eigenvalue weighted by molar-refractivity contribution is 0.363. The van der Waals surface area contributed by atoms with Crippen molar-refractivity contribution in [3.8, 4) is 0 Å². The number of rotatable bonds is 14. The lowest BCUT2D eigenvalue weighted by Gasteiger charge is -2.24. The third-order valence-electron chi connectivity index (χ3n) is 11.0. The van der Waals surface area contributed by atoms with Crippen LogP contribution in [0, 0.1) is 17.3 Å². The van der Waals surface area contributed by atoms with Crippen molar-refractivity contribution in [3.63, 3.8) is 0 Å². The lowest BCUT2D eigenvalue weighted by atomic mass is 9.83. The average molecular weight is 643 g/mol. The Labute approximate surface area is 291 Å². The molecular formula is C46H58S. The zero-order valence-electron chi connectivity index (χ0n) is 29.6. The van der Waals surface area contributed by atoms with Crippen LogP contribution >= 0.6 is 11.8 Å². The molecule has 0 radical (unpaired) electrons. The van der Waals surface area contributed by atoms with E-state index in [4.69, 9.17) is 0 Å². The molecule has 248 valence electrons. The van der Waals surface area contributed by atoms with Gasteiger partial charge in [0.25, 0.3) is 0 Å². The maximum atomic E-state index is 4.36. The summed E-state index contributed by atoms with van der Waals surface area (Å²) in [5.74, 6) is 2.42. The molecule has 2 aromatic rings. The first kappa shape index (κ1) is 35.3. The van der Waals surface area contributed by atoms with Crippen LogP contribution in [0.25, 0.3) is 5.57 Å². The second kappa shape index (κ2) is 16.9. The molecule has 0 bridgehead atoms. The summed E-state index contributed by atoms with van der Waals surface area (Å²) in [5.41, 5.74) is 8.60. The van der Waals surface area contributed by atoms with Crippen molar-refractivity contribution >= 4 is 17.3 Å². The van der Waals surface area contributed by atoms with E-state index in [2.05, 4.69) is 132 Å². The standard InChI is InChI=1S/C46H58S/c1-7-8-19-42(33-46(31-32-46)37(6)18-13-12-17-36(5)39-20-10-9-11-21-39)45-43(40-29-27-38(28-30-40)34(2)3)23-15-24-44(47-45)41-22-14-16-35(4)25-26-41/h7-11,15,19-21,23-24,27-30,33-34,36-37,41H,1,4,12-14,16-18,22,25-26,31-32H2,2-3,5-6H3/b19-8-,42-33+/t36-,37?,41?/m1/s1. The highest BCUT2D eigenvalue weighted by Crippen LogP contribution is 2.57. The highest BCUT2D eigenvalue weighted by atomic mass is 32.2. The van der Waals surface area contributed by atoms with Gasteiger partial charge in [-0.3, -0.25) is 0 Å². The minimum atomic E-state index is 0.284. The molecule has 2 aromatic carbocycles. The van der Waals surface area contributed by atoms with Gasteiger partial charge in [0.2, 0.25) is 0 Å². The Balaban J connectivity index is 1.42. The number of thioether (sulfide) groups is 1. The summed E-state index contributed by atoms with van der Waals surface area (Å²) in [5, 5.41) is 0. The van der Waals surface area contributed by atoms with E-state index in [1.54, 1.807) is 0 Å². The molecule has 1 heteroatoms. The molecule has 0 saturated heterocycles. The predicted molar refractivity (Wildman–Crippen MR) is 210 cm³/mol. The molecule has 2 unspecified atom stereocenters. The first-order valence-corrected chi connectivity index (χ1v) is 19.3. The van der Waals surface area contributed by atoms with Crippen LogP contribution < -0.4 is 0 Å². The van der Waals surface area contributed by atoms with Gasteiger partial charge in [-0.15, -0.1) is 0 Å². The van der Waals surface area contributed by atoms with Crippen LogP contribution in [0.15, 0.2) is 131 Å². The third-order valence-corrected chi connectivity index (χ3v) is 12.4. The molecule has 2 saturated carbocycles. The Hall–Kier alpha value is -3.03. The summed E-state index contributed by atoms with van der Waals surface area (Å²) in [6.45, 7) is 17.9. The normalized spacial score (nSPS) is 21.4. The number of hydrogen-bond donors (Lipinski definition) is 0. The number of unbranched alkanes of at least 4 members (excludes halogenated alkanes) is 1. The van der Waals surface area contributed by atoms with Crippen molar-refractivity contribution < 1.29 is 0 Å². The highest BCUT2D eigenvalue weighted by Gasteiger charge is 2.45. The summed E-state index contributed by atoms with van der Waals surface area (Å²) >= 11 is 2.04. The largest absolute Gasteiger partial charge is 0.0999 e. The predicted octanol–water partition coefficient (Wildman–Crippen LogP) is 14.3. The van der Waals surface area contributed by atoms with Crippen LogP contribution in [0.3, 0.4) is 0 Å². The van der Waals surface area contributed by atoms with Gasteiger partial charge in [-0.05, 0) is 120 Å². The average Bonchev–Trinajstić information content (AvgIpc) is 3.92. The molecule has 0 aromatic heterocycles. The fourth-order valence-corrected chi connectivity index (χ4v) is 8.82. The minimum Gasteiger partial charge on any atom is -0.0999 e. The maximum absolute atomic E-state index is 4.36. The van der Waals surface area contributed by atoms with Crippen LogP contribution in [0.2, 0.25) is 0 Å². The Kier molecular flexibility index (Phi) is 12.7. The SMILES string of the molecule is C=C/C=C\C(=C/C1(C(C)CCCC[C@@H](C)c2ccccc2)CC1)C1=C(c2ccc(C(C)C)cc2)C=CC=C(C2CCCC(=C)CC2)S1. The first-order valence-electron chi connectivity index (χ1n) is 18.4. The van der Waals surface area contributed by atoms with Crippen molar-refractivity contribution in [1.29, 1.82) is 0 Å². The molecule has 1 aliphatic heterocycles. The zero-order valence-corrected chi connectivity index (χ0v) is 30.5. The first-order chi connectivity index (χ1) is 22.8. The molecule has 0 N–H and O–H groups in total. The molecule has 47 heavy (non-hydrogen) atoms. The second-order valence-electron chi connectivity index (χ2n) is 14.9. The molecule has 2 fully saturated rings. The molecule has 3 aliphatic rings. The Morgan fingerprint density at radius 1 is 0.915 bits per heavy atom. The van der Waals surface area contributed by atoms with E-state index in [0.29, 0.717) is 23.7 Å². The maximum Gasteiger partial charge on any atom is 0.0267 e. The van der Waals surface area contributed by atoms with E-state index >= 15 is 0 Å². The number of allylic oxidation sites excluding steroid dienone is 11. The molecule has 0 spiro atoms. The fourth-order valence-electron chi connectivity index (χ4n) is 7.49. The Morgan fingerprint density at radius 2 is 1.66 bits per heavy atom. The van der Waals surface area contributed by atoms with E-state index < -0.39 is 0 Å². The summed E-state index contributed by atoms with van der Waals surface area (Å²) < 4.78 is 0. The van der Waals surface area contributed by atoms with Crippen LogP contribution in [0.4, 0.5) is 0 Å². The van der Waals surface area contributed by atoms with Gasteiger partial charge < -0.3 is 0 Å². The molecule has 0 amide bonds. The third kappa shape index (κ3) is 9.54. The van der Waals surface area contributed by atoms with Gasteiger partial charge in [-0.2, -0.15) is 0 Å². The van der Waals surface area contributed by atoms with Crippen molar-refractivity contribution in [3.05, 3.63) is 148 Å². The van der Waals surface area contributed by atoms with E-state index in [9.17, 15) is 0 Å². The van der Waals surface area contributed by atoms with Gasteiger partial charge in [0.05, 0.1) is 0 Å². The fraction of sp³-hybridized carbons (Fsp3) is 0.435. The lowest BCUT2D eigenvalue weighted by Crippen LogP contribution is -2.11. The number of hydrogen-bond acceptors (Lipinski definition) is 1. The van der Waals surface area contributed by atoms with Crippen molar-refractivity contribution in [2.24, 2.45) is 17.3 Å². The molecule has 5 rings (SSSR count). The summed E-state index contributed by atoms with van der Waals surface area (Å²) in [4.78, 5) is 2.92. The topological polar surface area (TPSA) is 0 Å². The Bertz CT molecular complexity index is 1500. The molecular weight excluding hydrogens is 585 g/mol. The van der Waals surface area contributed by atoms with Crippen LogP contribution in [-0.4, -0.2) is 0 Å². The van der Waals surface area contributed by atoms with Gasteiger partial charge >= 0.3 is 0 Å². The van der Waals surface area contributed by atoms with Crippen molar-refractivity contribution in [1.82, 2.24) is 0 Å². The highest BCUT2D eigenvalue weighted by molar-refractivity contribution is 8.07. The Morgan fingerprint density at radius 3 is 2.36 bits per heavy atom. The van der Waals surface area contributed by atoms with E-state index in [1.807, 2.05) is 17.8 Å². The van der Waals surface area contributed by atoms with E-state index in [-0.39, 0.29) is 5.41 Å². The van der Waals surface area contributed by atoms with Gasteiger partial charge in [0.15, 0.2) is 0 Å². The van der Waals surface area contributed by atoms with E-state index in [0.717, 1.165) is 6.42 Å². The molecule has 1 heterocycles. The van der Waals surface area contributed by atoms with Crippen molar-refractivity contribution in [2.45, 2.75) is 110 Å². The molecule has 2 aliphatic carbocycles. The van der Waals surface area contributed by atoms with Gasteiger partial charge in [-0.1, -0.05) is 168 Å². The summed E-state index contributed by atoms with van der Waals surface area (Å²) in [6, 6.07) is 20.4. The zero-order chi connectivity index (χ0) is 33.2. The van der Waals surface area contributed by atoms with Crippen LogP contribution in [0.1, 0.15) is 127 Å². The van der Waals surface area contributed by atoms with Gasteiger partial charge in [0.1, 0.15) is 0 Å². The molecule has 0 nitrogen and oxygen atoms in total. The summed E-state index contributed by atoms with van der Waals surface area (Å²) in [7, 11) is 0. The van der Waals surface area contributed by atoms with Crippen molar-refractivity contribution in [2.75, 3.05) is 0 Å². The van der Waals surface area contributed by atoms with Gasteiger partial charge in [-0.25, -0.2) is 0 Å². The second-order valence-corrected chi connectivity index (χ2v) is 15.9. The van der Waals surface area contributed by atoms with Crippen LogP contribution in [-0.2, 0) is 0 Å². The minimum absolute atomic E-state index is 0.284.